The van der Waals surface area contributed by atoms with Crippen LogP contribution in [0.25, 0.3) is 0 Å². The van der Waals surface area contributed by atoms with E-state index in [0.29, 0.717) is 25.6 Å². The van der Waals surface area contributed by atoms with Crippen molar-refractivity contribution in [2.45, 2.75) is 43.9 Å². The van der Waals surface area contributed by atoms with Gasteiger partial charge in [-0.2, -0.15) is 0 Å². The summed E-state index contributed by atoms with van der Waals surface area (Å²) in [6, 6.07) is 2.89. The Morgan fingerprint density at radius 1 is 1.25 bits per heavy atom. The number of hydrogen-bond donors (Lipinski definition) is 3. The maximum Gasteiger partial charge on any atom is 0.274 e. The summed E-state index contributed by atoms with van der Waals surface area (Å²) in [5.74, 6) is -3.88. The topological polar surface area (TPSA) is 112 Å². The standard InChI is InChI=1S/C22H21F2N3O5/c23-12-4-3-11(13(24)7-12)9-25-20(31)15-16-14(28)8-22-5-1-2-6-26(10-22)21(32)17(27(16)22)19(30)18(15)29/h3-4,7,14,28,30H,1-2,5-6,8-10H2,(H,25,31)/t14-,22+/m0/s1. The molecule has 0 aliphatic carbocycles. The number of nitrogens with one attached hydrogen (secondary N) is 1. The van der Waals surface area contributed by atoms with Crippen LogP contribution in [0.15, 0.2) is 23.0 Å². The quantitative estimate of drug-likeness (QED) is 0.664. The number of aromatic hydroxyl groups is 1. The Morgan fingerprint density at radius 2 is 2.03 bits per heavy atom. The number of carbonyl (C=O) groups excluding carboxylic acids is 2. The minimum atomic E-state index is -1.18. The molecule has 3 aliphatic heterocycles. The molecule has 1 aromatic carbocycles. The predicted octanol–water partition coefficient (Wildman–Crippen LogP) is 1.53. The molecule has 1 spiro atoms. The lowest BCUT2D eigenvalue weighted by molar-refractivity contribution is 0.0549. The van der Waals surface area contributed by atoms with Gasteiger partial charge in [0.25, 0.3) is 11.8 Å². The van der Waals surface area contributed by atoms with Crippen molar-refractivity contribution in [2.75, 3.05) is 13.1 Å². The maximum absolute atomic E-state index is 13.9. The van der Waals surface area contributed by atoms with E-state index in [4.69, 9.17) is 0 Å². The molecule has 3 N–H and O–H groups in total. The van der Waals surface area contributed by atoms with Crippen LogP contribution in [0.4, 0.5) is 8.78 Å². The highest BCUT2D eigenvalue weighted by molar-refractivity contribution is 6.00. The average molecular weight is 445 g/mol. The van der Waals surface area contributed by atoms with Crippen LogP contribution in [0.2, 0.25) is 0 Å². The Labute approximate surface area is 181 Å². The van der Waals surface area contributed by atoms with Crippen molar-refractivity contribution in [3.8, 4) is 5.75 Å². The first kappa shape index (κ1) is 20.6. The van der Waals surface area contributed by atoms with Crippen molar-refractivity contribution in [1.82, 2.24) is 14.8 Å². The Morgan fingerprint density at radius 3 is 2.78 bits per heavy atom. The van der Waals surface area contributed by atoms with Gasteiger partial charge in [0, 0.05) is 37.7 Å². The molecule has 4 heterocycles. The Bertz CT molecular complexity index is 1230. The normalized spacial score (nSPS) is 23.7. The third-order valence-corrected chi connectivity index (χ3v) is 6.73. The van der Waals surface area contributed by atoms with Crippen LogP contribution in [0, 0.1) is 11.6 Å². The van der Waals surface area contributed by atoms with Crippen molar-refractivity contribution in [3.05, 3.63) is 62.6 Å². The largest absolute Gasteiger partial charge is 0.503 e. The highest BCUT2D eigenvalue weighted by Crippen LogP contribution is 2.49. The van der Waals surface area contributed by atoms with Crippen molar-refractivity contribution in [2.24, 2.45) is 0 Å². The molecule has 2 aromatic rings. The number of rotatable bonds is 3. The van der Waals surface area contributed by atoms with E-state index >= 15 is 0 Å². The number of fused-ring (bicyclic) bond motifs is 1. The predicted molar refractivity (Wildman–Crippen MR) is 107 cm³/mol. The van der Waals surface area contributed by atoms with E-state index in [1.165, 1.54) is 10.6 Å². The van der Waals surface area contributed by atoms with Crippen LogP contribution in [-0.4, -0.2) is 44.6 Å². The van der Waals surface area contributed by atoms with Crippen molar-refractivity contribution >= 4 is 11.8 Å². The molecule has 1 fully saturated rings. The van der Waals surface area contributed by atoms with Gasteiger partial charge < -0.3 is 25.0 Å². The highest BCUT2D eigenvalue weighted by atomic mass is 19.1. The summed E-state index contributed by atoms with van der Waals surface area (Å²) in [6.07, 6.45) is 1.19. The first-order chi connectivity index (χ1) is 15.2. The maximum atomic E-state index is 13.9. The van der Waals surface area contributed by atoms with Gasteiger partial charge in [-0.1, -0.05) is 6.07 Å². The molecule has 3 aliphatic rings. The molecule has 168 valence electrons. The van der Waals surface area contributed by atoms with Gasteiger partial charge in [0.15, 0.2) is 11.4 Å². The van der Waals surface area contributed by atoms with E-state index in [0.717, 1.165) is 18.9 Å². The molecule has 0 radical (unpaired) electrons. The molecule has 32 heavy (non-hydrogen) atoms. The lowest BCUT2D eigenvalue weighted by Gasteiger charge is -2.41. The number of carbonyl (C=O) groups is 2. The van der Waals surface area contributed by atoms with Crippen LogP contribution in [-0.2, 0) is 12.1 Å². The van der Waals surface area contributed by atoms with Gasteiger partial charge in [-0.05, 0) is 25.3 Å². The van der Waals surface area contributed by atoms with E-state index in [-0.39, 0.29) is 29.9 Å². The number of nitrogens with zero attached hydrogens (tertiary/aromatic N) is 2. The minimum absolute atomic E-state index is 0.00469. The van der Waals surface area contributed by atoms with Crippen LogP contribution < -0.4 is 10.7 Å². The van der Waals surface area contributed by atoms with E-state index < -0.39 is 51.8 Å². The highest BCUT2D eigenvalue weighted by Gasteiger charge is 2.53. The third-order valence-electron chi connectivity index (χ3n) is 6.73. The van der Waals surface area contributed by atoms with Crippen LogP contribution in [0.1, 0.15) is 63.9 Å². The summed E-state index contributed by atoms with van der Waals surface area (Å²) >= 11 is 0. The van der Waals surface area contributed by atoms with Gasteiger partial charge in [0.2, 0.25) is 5.43 Å². The minimum Gasteiger partial charge on any atom is -0.503 e. The summed E-state index contributed by atoms with van der Waals surface area (Å²) in [5.41, 5.74) is -2.44. The van der Waals surface area contributed by atoms with Crippen LogP contribution in [0.5, 0.6) is 5.75 Å². The molecular weight excluding hydrogens is 424 g/mol. The van der Waals surface area contributed by atoms with Gasteiger partial charge in [-0.25, -0.2) is 8.78 Å². The fourth-order valence-electron chi connectivity index (χ4n) is 5.32. The van der Waals surface area contributed by atoms with E-state index in [9.17, 15) is 33.4 Å². The SMILES string of the molecule is O=C(NCc1ccc(F)cc1F)c1c2n3c(c(O)c1=O)C(=O)N1CCCC[C@@]3(C[C@@H]2O)C1. The van der Waals surface area contributed by atoms with Crippen LogP contribution >= 0.6 is 0 Å². The number of benzene rings is 1. The third kappa shape index (κ3) is 2.85. The summed E-state index contributed by atoms with van der Waals surface area (Å²) in [5, 5.41) is 23.9. The molecule has 0 unspecified atom stereocenters. The fourth-order valence-corrected chi connectivity index (χ4v) is 5.32. The monoisotopic (exact) mass is 445 g/mol. The Balaban J connectivity index is 1.60. The molecule has 2 bridgehead atoms. The van der Waals surface area contributed by atoms with E-state index in [1.807, 2.05) is 0 Å². The number of hydrogen-bond acceptors (Lipinski definition) is 5. The summed E-state index contributed by atoms with van der Waals surface area (Å²) < 4.78 is 28.5. The molecule has 1 aromatic heterocycles. The smallest absolute Gasteiger partial charge is 0.274 e. The lowest BCUT2D eigenvalue weighted by Crippen LogP contribution is -2.52. The zero-order valence-corrected chi connectivity index (χ0v) is 17.0. The summed E-state index contributed by atoms with van der Waals surface area (Å²) in [6.45, 7) is 0.485. The lowest BCUT2D eigenvalue weighted by atomic mass is 9.88. The summed E-state index contributed by atoms with van der Waals surface area (Å²) in [7, 11) is 0. The van der Waals surface area contributed by atoms with Gasteiger partial charge >= 0.3 is 0 Å². The molecular formula is C22H21F2N3O5. The van der Waals surface area contributed by atoms with E-state index in [1.54, 1.807) is 4.90 Å². The van der Waals surface area contributed by atoms with Gasteiger partial charge in [-0.3, -0.25) is 14.4 Å². The molecule has 0 saturated carbocycles. The number of amides is 2. The van der Waals surface area contributed by atoms with Gasteiger partial charge in [0.1, 0.15) is 17.2 Å². The number of aliphatic hydroxyl groups is 1. The molecule has 5 rings (SSSR count). The molecule has 2 atom stereocenters. The van der Waals surface area contributed by atoms with E-state index in [2.05, 4.69) is 5.32 Å². The number of pyridine rings is 1. The zero-order chi connectivity index (χ0) is 22.8. The van der Waals surface area contributed by atoms with Crippen molar-refractivity contribution in [1.29, 1.82) is 0 Å². The average Bonchev–Trinajstić information content (AvgIpc) is 2.90. The van der Waals surface area contributed by atoms with Crippen LogP contribution in [0.3, 0.4) is 0 Å². The molecule has 8 nitrogen and oxygen atoms in total. The van der Waals surface area contributed by atoms with Gasteiger partial charge in [0.05, 0.1) is 17.3 Å². The second-order valence-electron chi connectivity index (χ2n) is 8.67. The zero-order valence-electron chi connectivity index (χ0n) is 17.0. The van der Waals surface area contributed by atoms with Crippen molar-refractivity contribution < 1.29 is 28.6 Å². The summed E-state index contributed by atoms with van der Waals surface area (Å²) in [4.78, 5) is 40.5. The molecule has 10 heteroatoms. The Hall–Kier alpha value is -3.27. The molecule has 1 saturated heterocycles. The number of aliphatic hydroxyl groups excluding tert-OH is 1. The first-order valence-electron chi connectivity index (χ1n) is 10.5. The van der Waals surface area contributed by atoms with Crippen molar-refractivity contribution in [3.63, 3.8) is 0 Å². The fraction of sp³-hybridized carbons (Fsp3) is 0.409. The number of halogens is 2. The van der Waals surface area contributed by atoms with Gasteiger partial charge in [-0.15, -0.1) is 0 Å². The number of aromatic nitrogens is 1. The first-order valence-corrected chi connectivity index (χ1v) is 10.5. The Kier molecular flexibility index (Phi) is 4.59. The molecule has 2 amide bonds. The second kappa shape index (κ2) is 7.13. The second-order valence-corrected chi connectivity index (χ2v) is 8.67.